The Hall–Kier alpha value is -2.69. The average Bonchev–Trinajstić information content (AvgIpc) is 2.91. The summed E-state index contributed by atoms with van der Waals surface area (Å²) in [5, 5.41) is 3.51. The third kappa shape index (κ3) is 7.03. The van der Waals surface area contributed by atoms with Crippen LogP contribution in [0.5, 0.6) is 11.5 Å². The maximum atomic E-state index is 13.9. The number of carbonyl (C=O) groups excluding carboxylic acids is 2. The van der Waals surface area contributed by atoms with Crippen LogP contribution in [0.3, 0.4) is 0 Å². The first-order valence-corrected chi connectivity index (χ1v) is 14.9. The van der Waals surface area contributed by atoms with Crippen molar-refractivity contribution in [3.05, 3.63) is 52.0 Å². The summed E-state index contributed by atoms with van der Waals surface area (Å²) < 4.78 is 38.5. The molecule has 12 heteroatoms. The highest BCUT2D eigenvalue weighted by Crippen LogP contribution is 2.35. The molecule has 1 aliphatic rings. The number of amides is 2. The van der Waals surface area contributed by atoms with E-state index in [4.69, 9.17) is 32.7 Å². The fourth-order valence-electron chi connectivity index (χ4n) is 4.05. The quantitative estimate of drug-likeness (QED) is 0.399. The highest BCUT2D eigenvalue weighted by atomic mass is 35.5. The monoisotopic (exact) mass is 585 g/mol. The smallest absolute Gasteiger partial charge is 0.244 e. The van der Waals surface area contributed by atoms with Gasteiger partial charge in [0.05, 0.1) is 11.4 Å². The number of carbonyl (C=O) groups is 2. The third-order valence-electron chi connectivity index (χ3n) is 6.12. The predicted molar refractivity (Wildman–Crippen MR) is 149 cm³/mol. The minimum atomic E-state index is -3.89. The first-order valence-electron chi connectivity index (χ1n) is 12.5. The highest BCUT2D eigenvalue weighted by Gasteiger charge is 2.33. The van der Waals surface area contributed by atoms with E-state index in [9.17, 15) is 18.0 Å². The number of nitrogens with zero attached hydrogens (tertiary/aromatic N) is 2. The normalized spacial score (nSPS) is 13.5. The zero-order chi connectivity index (χ0) is 27.9. The molecule has 0 aromatic heterocycles. The lowest BCUT2D eigenvalue weighted by atomic mass is 10.1. The van der Waals surface area contributed by atoms with Crippen LogP contribution in [0.4, 0.5) is 5.69 Å². The molecule has 0 saturated heterocycles. The van der Waals surface area contributed by atoms with Crippen molar-refractivity contribution in [2.24, 2.45) is 0 Å². The van der Waals surface area contributed by atoms with Crippen LogP contribution in [-0.4, -0.2) is 63.2 Å². The second kappa shape index (κ2) is 13.4. The predicted octanol–water partition coefficient (Wildman–Crippen LogP) is 4.25. The lowest BCUT2D eigenvalue weighted by Crippen LogP contribution is -2.52. The number of hydrogen-bond donors (Lipinski definition) is 1. The molecule has 9 nitrogen and oxygen atoms in total. The van der Waals surface area contributed by atoms with Crippen LogP contribution in [0.15, 0.2) is 36.4 Å². The number of hydrogen-bond acceptors (Lipinski definition) is 6. The number of halogens is 2. The molecule has 1 aliphatic heterocycles. The van der Waals surface area contributed by atoms with E-state index in [-0.39, 0.29) is 23.9 Å². The minimum Gasteiger partial charge on any atom is -0.486 e. The number of benzene rings is 2. The molecule has 1 unspecified atom stereocenters. The molecule has 1 atom stereocenters. The van der Waals surface area contributed by atoms with Gasteiger partial charge in [0.2, 0.25) is 21.8 Å². The van der Waals surface area contributed by atoms with Crippen molar-refractivity contribution in [3.63, 3.8) is 0 Å². The standard InChI is InChI=1S/C26H33Cl2N3O6S/c1-4-12-29-26(33)22(5-2)30(16-19-20(27)8-7-9-21(19)28)25(32)17-31(38(34,35)6-3)18-10-11-23-24(15-18)37-14-13-36-23/h7-11,15,22H,4-6,12-14,16-17H2,1-3H3,(H,29,33). The van der Waals surface area contributed by atoms with Gasteiger partial charge >= 0.3 is 0 Å². The number of ether oxygens (including phenoxy) is 2. The van der Waals surface area contributed by atoms with Crippen LogP contribution in [0.1, 0.15) is 39.2 Å². The van der Waals surface area contributed by atoms with Crippen LogP contribution in [0.25, 0.3) is 0 Å². The molecule has 0 bridgehead atoms. The Morgan fingerprint density at radius 2 is 1.68 bits per heavy atom. The van der Waals surface area contributed by atoms with E-state index in [1.165, 1.54) is 17.9 Å². The molecule has 1 heterocycles. The Balaban J connectivity index is 2.01. The van der Waals surface area contributed by atoms with Crippen LogP contribution in [0, 0.1) is 0 Å². The van der Waals surface area contributed by atoms with E-state index in [2.05, 4.69) is 5.32 Å². The first-order chi connectivity index (χ1) is 18.1. The molecule has 0 saturated carbocycles. The van der Waals surface area contributed by atoms with Crippen LogP contribution in [0.2, 0.25) is 10.0 Å². The van der Waals surface area contributed by atoms with Crippen molar-refractivity contribution in [2.45, 2.75) is 46.2 Å². The van der Waals surface area contributed by atoms with Crippen molar-refractivity contribution < 1.29 is 27.5 Å². The van der Waals surface area contributed by atoms with E-state index >= 15 is 0 Å². The Labute approximate surface area is 234 Å². The number of anilines is 1. The first kappa shape index (κ1) is 29.9. The van der Waals surface area contributed by atoms with Crippen molar-refractivity contribution in [3.8, 4) is 11.5 Å². The van der Waals surface area contributed by atoms with Crippen LogP contribution >= 0.6 is 23.2 Å². The molecule has 38 heavy (non-hydrogen) atoms. The summed E-state index contributed by atoms with van der Waals surface area (Å²) in [7, 11) is -3.89. The van der Waals surface area contributed by atoms with Crippen molar-refractivity contribution in [1.29, 1.82) is 0 Å². The molecule has 0 fully saturated rings. The molecule has 0 radical (unpaired) electrons. The summed E-state index contributed by atoms with van der Waals surface area (Å²) in [5.74, 6) is -0.267. The molecule has 2 amide bonds. The van der Waals surface area contributed by atoms with E-state index < -0.39 is 28.5 Å². The molecule has 1 N–H and O–H groups in total. The lowest BCUT2D eigenvalue weighted by molar-refractivity contribution is -0.140. The fourth-order valence-corrected chi connectivity index (χ4v) is 5.62. The van der Waals surface area contributed by atoms with Gasteiger partial charge in [-0.05, 0) is 44.0 Å². The molecular weight excluding hydrogens is 553 g/mol. The minimum absolute atomic E-state index is 0.0729. The van der Waals surface area contributed by atoms with E-state index in [1.54, 1.807) is 37.3 Å². The summed E-state index contributed by atoms with van der Waals surface area (Å²) in [6, 6.07) is 8.82. The maximum Gasteiger partial charge on any atom is 0.244 e. The van der Waals surface area contributed by atoms with Gasteiger partial charge in [0.1, 0.15) is 25.8 Å². The average molecular weight is 587 g/mol. The Bertz CT molecular complexity index is 1240. The highest BCUT2D eigenvalue weighted by molar-refractivity contribution is 7.92. The Morgan fingerprint density at radius 1 is 1.03 bits per heavy atom. The van der Waals surface area contributed by atoms with Crippen LogP contribution < -0.4 is 19.1 Å². The summed E-state index contributed by atoms with van der Waals surface area (Å²) in [6.07, 6.45) is 1.02. The van der Waals surface area contributed by atoms with Gasteiger partial charge < -0.3 is 19.7 Å². The second-order valence-electron chi connectivity index (χ2n) is 8.67. The number of sulfonamides is 1. The third-order valence-corrected chi connectivity index (χ3v) is 8.57. The SMILES string of the molecule is CCCNC(=O)C(CC)N(Cc1c(Cl)cccc1Cl)C(=O)CN(c1ccc2c(c1)OCCO2)S(=O)(=O)CC. The van der Waals surface area contributed by atoms with Gasteiger partial charge in [-0.1, -0.05) is 43.1 Å². The largest absolute Gasteiger partial charge is 0.486 e. The molecule has 2 aromatic carbocycles. The fraction of sp³-hybridized carbons (Fsp3) is 0.462. The summed E-state index contributed by atoms with van der Waals surface area (Å²) in [6.45, 7) is 5.76. The zero-order valence-corrected chi connectivity index (χ0v) is 24.0. The molecular formula is C26H33Cl2N3O6S. The van der Waals surface area contributed by atoms with E-state index in [0.29, 0.717) is 53.3 Å². The van der Waals surface area contributed by atoms with Gasteiger partial charge in [-0.3, -0.25) is 13.9 Å². The second-order valence-corrected chi connectivity index (χ2v) is 11.7. The van der Waals surface area contributed by atoms with Crippen molar-refractivity contribution in [2.75, 3.05) is 36.4 Å². The topological polar surface area (TPSA) is 105 Å². The molecule has 0 aliphatic carbocycles. The van der Waals surface area contributed by atoms with Gasteiger partial charge in [-0.25, -0.2) is 8.42 Å². The molecule has 2 aromatic rings. The molecule has 0 spiro atoms. The van der Waals surface area contributed by atoms with Gasteiger partial charge in [-0.15, -0.1) is 0 Å². The Morgan fingerprint density at radius 3 is 2.29 bits per heavy atom. The van der Waals surface area contributed by atoms with E-state index in [1.807, 2.05) is 6.92 Å². The summed E-state index contributed by atoms with van der Waals surface area (Å²) >= 11 is 12.8. The van der Waals surface area contributed by atoms with Crippen molar-refractivity contribution in [1.82, 2.24) is 10.2 Å². The van der Waals surface area contributed by atoms with Crippen molar-refractivity contribution >= 4 is 50.7 Å². The number of nitrogens with one attached hydrogen (secondary N) is 1. The number of rotatable bonds is 12. The lowest BCUT2D eigenvalue weighted by Gasteiger charge is -2.33. The van der Waals surface area contributed by atoms with Gasteiger partial charge in [0.15, 0.2) is 11.5 Å². The van der Waals surface area contributed by atoms with Crippen LogP contribution in [-0.2, 0) is 26.2 Å². The number of fused-ring (bicyclic) bond motifs is 1. The zero-order valence-electron chi connectivity index (χ0n) is 21.7. The molecule has 3 rings (SSSR count). The van der Waals surface area contributed by atoms with Gasteiger partial charge in [0.25, 0.3) is 0 Å². The maximum absolute atomic E-state index is 13.9. The van der Waals surface area contributed by atoms with E-state index in [0.717, 1.165) is 10.7 Å². The van der Waals surface area contributed by atoms with Gasteiger partial charge in [0, 0.05) is 34.8 Å². The Kier molecular flexibility index (Phi) is 10.5. The summed E-state index contributed by atoms with van der Waals surface area (Å²) in [5.41, 5.74) is 0.721. The molecule has 208 valence electrons. The summed E-state index contributed by atoms with van der Waals surface area (Å²) in [4.78, 5) is 28.3. The van der Waals surface area contributed by atoms with Gasteiger partial charge in [-0.2, -0.15) is 0 Å².